The van der Waals surface area contributed by atoms with Gasteiger partial charge in [0.15, 0.2) is 0 Å². The Morgan fingerprint density at radius 2 is 2.05 bits per heavy atom. The van der Waals surface area contributed by atoms with Crippen LogP contribution < -0.4 is 5.32 Å². The molecule has 1 aromatic rings. The van der Waals surface area contributed by atoms with Gasteiger partial charge in [0, 0.05) is 6.04 Å². The van der Waals surface area contributed by atoms with E-state index in [-0.39, 0.29) is 6.04 Å². The van der Waals surface area contributed by atoms with Crippen LogP contribution in [0.3, 0.4) is 0 Å². The van der Waals surface area contributed by atoms with Gasteiger partial charge >= 0.3 is 0 Å². The predicted octanol–water partition coefficient (Wildman–Crippen LogP) is 2.18. The Morgan fingerprint density at radius 3 is 2.74 bits per heavy atom. The van der Waals surface area contributed by atoms with Gasteiger partial charge in [-0.05, 0) is 44.1 Å². The number of rotatable bonds is 5. The first-order valence-electron chi connectivity index (χ1n) is 7.33. The van der Waals surface area contributed by atoms with Crippen molar-refractivity contribution in [3.8, 4) is 0 Å². The average molecular weight is 258 g/mol. The van der Waals surface area contributed by atoms with Gasteiger partial charge < -0.3 is 4.90 Å². The number of carbonyl (C=O) groups excluding carboxylic acids is 1. The van der Waals surface area contributed by atoms with Crippen molar-refractivity contribution >= 4 is 5.91 Å². The third kappa shape index (κ3) is 2.81. The molecule has 2 unspecified atom stereocenters. The number of hydrogen-bond donors (Lipinski definition) is 1. The average Bonchev–Trinajstić information content (AvgIpc) is 3.22. The van der Waals surface area contributed by atoms with E-state index in [4.69, 9.17) is 0 Å². The van der Waals surface area contributed by atoms with Crippen molar-refractivity contribution in [1.82, 2.24) is 10.2 Å². The molecule has 0 aromatic heterocycles. The van der Waals surface area contributed by atoms with E-state index in [2.05, 4.69) is 36.5 Å². The van der Waals surface area contributed by atoms with Gasteiger partial charge in [0.1, 0.15) is 0 Å². The summed E-state index contributed by atoms with van der Waals surface area (Å²) in [5, 5.41) is 3.37. The van der Waals surface area contributed by atoms with Crippen molar-refractivity contribution in [3.63, 3.8) is 0 Å². The van der Waals surface area contributed by atoms with Gasteiger partial charge in [-0.1, -0.05) is 30.3 Å². The first-order valence-corrected chi connectivity index (χ1v) is 7.33. The van der Waals surface area contributed by atoms with Crippen molar-refractivity contribution in [3.05, 3.63) is 35.9 Å². The highest BCUT2D eigenvalue weighted by Gasteiger charge is 2.39. The smallest absolute Gasteiger partial charge is 0.241 e. The summed E-state index contributed by atoms with van der Waals surface area (Å²) in [6.07, 6.45) is 4.45. The molecule has 1 aliphatic heterocycles. The summed E-state index contributed by atoms with van der Waals surface area (Å²) in [4.78, 5) is 14.4. The Morgan fingerprint density at radius 1 is 1.32 bits per heavy atom. The molecular weight excluding hydrogens is 236 g/mol. The molecule has 3 heteroatoms. The highest BCUT2D eigenvalue weighted by atomic mass is 16.2. The zero-order chi connectivity index (χ0) is 13.2. The Labute approximate surface area is 115 Å². The molecule has 1 saturated heterocycles. The van der Waals surface area contributed by atoms with Crippen LogP contribution in [0.1, 0.15) is 31.7 Å². The molecule has 1 aromatic carbocycles. The number of nitrogens with zero attached hydrogens (tertiary/aromatic N) is 1. The summed E-state index contributed by atoms with van der Waals surface area (Å²) < 4.78 is 0. The van der Waals surface area contributed by atoms with Gasteiger partial charge in [0.2, 0.25) is 5.91 Å². The lowest BCUT2D eigenvalue weighted by Crippen LogP contribution is -2.38. The van der Waals surface area contributed by atoms with Crippen LogP contribution in [0.2, 0.25) is 0 Å². The molecule has 1 heterocycles. The number of hydrogen-bond acceptors (Lipinski definition) is 2. The van der Waals surface area contributed by atoms with Crippen LogP contribution in [0, 0.1) is 5.92 Å². The number of aryl methyl sites for hydroxylation is 1. The Hall–Kier alpha value is -1.35. The van der Waals surface area contributed by atoms with Crippen molar-refractivity contribution in [2.75, 3.05) is 6.67 Å². The summed E-state index contributed by atoms with van der Waals surface area (Å²) in [5.74, 6) is 1.05. The number of carbonyl (C=O) groups is 1. The number of benzene rings is 1. The third-order valence-electron chi connectivity index (χ3n) is 4.45. The summed E-state index contributed by atoms with van der Waals surface area (Å²) in [6, 6.07) is 10.8. The standard InChI is InChI=1S/C16H22N2O/c1-12(14-8-9-14)18-11-17-15(16(18)19)10-7-13-5-3-2-4-6-13/h2-6,12,14-15,17H,7-11H2,1H3. The lowest BCUT2D eigenvalue weighted by molar-refractivity contribution is -0.131. The second-order valence-electron chi connectivity index (χ2n) is 5.83. The molecule has 3 rings (SSSR count). The topological polar surface area (TPSA) is 32.3 Å². The molecule has 2 fully saturated rings. The van der Waals surface area contributed by atoms with Crippen molar-refractivity contribution in [1.29, 1.82) is 0 Å². The van der Waals surface area contributed by atoms with Crippen LogP contribution in [0.25, 0.3) is 0 Å². The molecule has 102 valence electrons. The second-order valence-corrected chi connectivity index (χ2v) is 5.83. The fourth-order valence-corrected chi connectivity index (χ4v) is 2.93. The molecular formula is C16H22N2O. The van der Waals surface area contributed by atoms with E-state index in [0.717, 1.165) is 25.4 Å². The number of nitrogens with one attached hydrogen (secondary N) is 1. The fourth-order valence-electron chi connectivity index (χ4n) is 2.93. The first kappa shape index (κ1) is 12.7. The molecule has 1 N–H and O–H groups in total. The summed E-state index contributed by atoms with van der Waals surface area (Å²) in [6.45, 7) is 2.92. The van der Waals surface area contributed by atoms with Crippen LogP contribution in [-0.2, 0) is 11.2 Å². The largest absolute Gasteiger partial charge is 0.326 e. The third-order valence-corrected chi connectivity index (χ3v) is 4.45. The van der Waals surface area contributed by atoms with Crippen LogP contribution in [0.15, 0.2) is 30.3 Å². The minimum atomic E-state index is 0.0152. The molecule has 0 bridgehead atoms. The molecule has 3 nitrogen and oxygen atoms in total. The molecule has 0 radical (unpaired) electrons. The van der Waals surface area contributed by atoms with Gasteiger partial charge in [-0.25, -0.2) is 0 Å². The second kappa shape index (κ2) is 5.33. The van der Waals surface area contributed by atoms with Crippen molar-refractivity contribution in [2.45, 2.75) is 44.7 Å². The van der Waals surface area contributed by atoms with E-state index in [1.807, 2.05) is 11.0 Å². The maximum absolute atomic E-state index is 12.4. The van der Waals surface area contributed by atoms with E-state index < -0.39 is 0 Å². The SMILES string of the molecule is CC(C1CC1)N1CNC(CCc2ccccc2)C1=O. The molecule has 1 aliphatic carbocycles. The van der Waals surface area contributed by atoms with Gasteiger partial charge in [-0.2, -0.15) is 0 Å². The maximum Gasteiger partial charge on any atom is 0.241 e. The predicted molar refractivity (Wildman–Crippen MR) is 75.6 cm³/mol. The molecule has 2 aliphatic rings. The van der Waals surface area contributed by atoms with E-state index in [1.165, 1.54) is 18.4 Å². The Balaban J connectivity index is 1.54. The molecule has 1 amide bonds. The number of amides is 1. The van der Waals surface area contributed by atoms with E-state index in [0.29, 0.717) is 11.9 Å². The minimum absolute atomic E-state index is 0.0152. The van der Waals surface area contributed by atoms with Gasteiger partial charge in [0.25, 0.3) is 0 Å². The molecule has 19 heavy (non-hydrogen) atoms. The minimum Gasteiger partial charge on any atom is -0.326 e. The highest BCUT2D eigenvalue weighted by molar-refractivity contribution is 5.84. The molecule has 0 spiro atoms. The van der Waals surface area contributed by atoms with Gasteiger partial charge in [-0.15, -0.1) is 0 Å². The highest BCUT2D eigenvalue weighted by Crippen LogP contribution is 2.35. The first-order chi connectivity index (χ1) is 9.25. The Kier molecular flexibility index (Phi) is 3.56. The van der Waals surface area contributed by atoms with Crippen molar-refractivity contribution < 1.29 is 4.79 Å². The van der Waals surface area contributed by atoms with Gasteiger partial charge in [-0.3, -0.25) is 10.1 Å². The quantitative estimate of drug-likeness (QED) is 0.878. The van der Waals surface area contributed by atoms with E-state index in [9.17, 15) is 4.79 Å². The van der Waals surface area contributed by atoms with Crippen LogP contribution in [0.5, 0.6) is 0 Å². The van der Waals surface area contributed by atoms with Crippen LogP contribution >= 0.6 is 0 Å². The van der Waals surface area contributed by atoms with E-state index in [1.54, 1.807) is 0 Å². The van der Waals surface area contributed by atoms with Crippen LogP contribution in [0.4, 0.5) is 0 Å². The fraction of sp³-hybridized carbons (Fsp3) is 0.562. The maximum atomic E-state index is 12.4. The zero-order valence-electron chi connectivity index (χ0n) is 11.5. The summed E-state index contributed by atoms with van der Waals surface area (Å²) in [7, 11) is 0. The molecule has 2 atom stereocenters. The van der Waals surface area contributed by atoms with Gasteiger partial charge in [0.05, 0.1) is 12.7 Å². The van der Waals surface area contributed by atoms with E-state index >= 15 is 0 Å². The summed E-state index contributed by atoms with van der Waals surface area (Å²) in [5.41, 5.74) is 1.31. The van der Waals surface area contributed by atoms with Crippen molar-refractivity contribution in [2.24, 2.45) is 5.92 Å². The molecule has 1 saturated carbocycles. The normalized spacial score (nSPS) is 24.8. The summed E-state index contributed by atoms with van der Waals surface area (Å²) >= 11 is 0. The lowest BCUT2D eigenvalue weighted by atomic mass is 10.0. The lowest BCUT2D eigenvalue weighted by Gasteiger charge is -2.23. The van der Waals surface area contributed by atoms with Crippen LogP contribution in [-0.4, -0.2) is 29.6 Å². The zero-order valence-corrected chi connectivity index (χ0v) is 11.5. The Bertz CT molecular complexity index is 441. The monoisotopic (exact) mass is 258 g/mol.